The zero-order chi connectivity index (χ0) is 10.9. The van der Waals surface area contributed by atoms with Gasteiger partial charge in [-0.05, 0) is 26.0 Å². The van der Waals surface area contributed by atoms with Crippen LogP contribution in [0.3, 0.4) is 0 Å². The predicted molar refractivity (Wildman–Crippen MR) is 44.0 cm³/mol. The van der Waals surface area contributed by atoms with Crippen LogP contribution < -0.4 is 0 Å². The summed E-state index contributed by atoms with van der Waals surface area (Å²) in [6.45, 7) is 2.67. The maximum Gasteiger partial charge on any atom is 0.433 e. The van der Waals surface area contributed by atoms with Gasteiger partial charge in [-0.25, -0.2) is 4.98 Å². The van der Waals surface area contributed by atoms with Crippen LogP contribution in [-0.2, 0) is 6.18 Å². The minimum atomic E-state index is -4.46. The second-order valence-corrected chi connectivity index (χ2v) is 2.88. The van der Waals surface area contributed by atoms with E-state index in [4.69, 9.17) is 0 Å². The highest BCUT2D eigenvalue weighted by Crippen LogP contribution is 2.28. The molecule has 0 atom stereocenters. The number of carbonyl (C=O) groups is 1. The SMILES string of the molecule is CC(=O)c1ccc(C(F)(F)F)nc1C. The van der Waals surface area contributed by atoms with Crippen LogP contribution >= 0.6 is 0 Å². The van der Waals surface area contributed by atoms with Crippen LogP contribution in [0.4, 0.5) is 13.2 Å². The van der Waals surface area contributed by atoms with Gasteiger partial charge in [-0.1, -0.05) is 0 Å². The molecule has 0 spiro atoms. The molecule has 0 aromatic carbocycles. The van der Waals surface area contributed by atoms with Crippen molar-refractivity contribution < 1.29 is 18.0 Å². The van der Waals surface area contributed by atoms with Crippen molar-refractivity contribution in [2.24, 2.45) is 0 Å². The second-order valence-electron chi connectivity index (χ2n) is 2.88. The van der Waals surface area contributed by atoms with E-state index in [0.717, 1.165) is 12.1 Å². The number of halogens is 3. The molecule has 0 amide bonds. The predicted octanol–water partition coefficient (Wildman–Crippen LogP) is 2.61. The summed E-state index contributed by atoms with van der Waals surface area (Å²) in [4.78, 5) is 14.2. The first-order valence-electron chi connectivity index (χ1n) is 3.88. The molecule has 76 valence electrons. The molecule has 0 saturated heterocycles. The quantitative estimate of drug-likeness (QED) is 0.656. The smallest absolute Gasteiger partial charge is 0.294 e. The van der Waals surface area contributed by atoms with Crippen LogP contribution in [0.25, 0.3) is 0 Å². The fourth-order valence-corrected chi connectivity index (χ4v) is 1.09. The number of hydrogen-bond acceptors (Lipinski definition) is 2. The number of aryl methyl sites for hydroxylation is 1. The molecule has 0 saturated carbocycles. The van der Waals surface area contributed by atoms with Gasteiger partial charge in [0.25, 0.3) is 0 Å². The number of Topliss-reactive ketones (excluding diaryl/α,β-unsaturated/α-hetero) is 1. The summed E-state index contributed by atoms with van der Waals surface area (Å²) in [5.41, 5.74) is -0.648. The highest BCUT2D eigenvalue weighted by molar-refractivity contribution is 5.95. The van der Waals surface area contributed by atoms with Crippen molar-refractivity contribution in [2.75, 3.05) is 0 Å². The molecule has 14 heavy (non-hydrogen) atoms. The van der Waals surface area contributed by atoms with Crippen LogP contribution in [0, 0.1) is 6.92 Å². The zero-order valence-electron chi connectivity index (χ0n) is 7.64. The monoisotopic (exact) mass is 203 g/mol. The summed E-state index contributed by atoms with van der Waals surface area (Å²) >= 11 is 0. The Bertz CT molecular complexity index is 371. The van der Waals surface area contributed by atoms with Gasteiger partial charge in [-0.15, -0.1) is 0 Å². The zero-order valence-corrected chi connectivity index (χ0v) is 7.64. The lowest BCUT2D eigenvalue weighted by Crippen LogP contribution is -2.10. The van der Waals surface area contributed by atoms with E-state index < -0.39 is 11.9 Å². The van der Waals surface area contributed by atoms with Crippen molar-refractivity contribution >= 4 is 5.78 Å². The molecule has 0 fully saturated rings. The Labute approximate surface area is 78.8 Å². The first-order valence-corrected chi connectivity index (χ1v) is 3.88. The number of nitrogens with zero attached hydrogens (tertiary/aromatic N) is 1. The Balaban J connectivity index is 3.20. The van der Waals surface area contributed by atoms with E-state index in [1.807, 2.05) is 0 Å². The highest BCUT2D eigenvalue weighted by atomic mass is 19.4. The average Bonchev–Trinajstić information content (AvgIpc) is 2.01. The first kappa shape index (κ1) is 10.7. The largest absolute Gasteiger partial charge is 0.433 e. The van der Waals surface area contributed by atoms with Crippen LogP contribution in [0.1, 0.15) is 28.7 Å². The summed E-state index contributed by atoms with van der Waals surface area (Å²) in [6.07, 6.45) is -4.46. The van der Waals surface area contributed by atoms with E-state index in [-0.39, 0.29) is 17.0 Å². The summed E-state index contributed by atoms with van der Waals surface area (Å²) in [7, 11) is 0. The van der Waals surface area contributed by atoms with Crippen molar-refractivity contribution in [3.05, 3.63) is 29.1 Å². The van der Waals surface area contributed by atoms with Crippen LogP contribution in [0.15, 0.2) is 12.1 Å². The van der Waals surface area contributed by atoms with Crippen molar-refractivity contribution in [1.82, 2.24) is 4.98 Å². The maximum atomic E-state index is 12.2. The molecule has 5 heteroatoms. The lowest BCUT2D eigenvalue weighted by atomic mass is 10.1. The third-order valence-electron chi connectivity index (χ3n) is 1.76. The molecule has 1 aromatic rings. The van der Waals surface area contributed by atoms with E-state index in [9.17, 15) is 18.0 Å². The molecule has 2 nitrogen and oxygen atoms in total. The molecule has 0 aliphatic carbocycles. The van der Waals surface area contributed by atoms with Gasteiger partial charge in [-0.3, -0.25) is 4.79 Å². The highest BCUT2D eigenvalue weighted by Gasteiger charge is 2.32. The van der Waals surface area contributed by atoms with Gasteiger partial charge in [0.05, 0.1) is 0 Å². The summed E-state index contributed by atoms with van der Waals surface area (Å²) in [5.74, 6) is -0.288. The Kier molecular flexibility index (Phi) is 2.59. The van der Waals surface area contributed by atoms with Gasteiger partial charge in [-0.2, -0.15) is 13.2 Å². The minimum Gasteiger partial charge on any atom is -0.294 e. The van der Waals surface area contributed by atoms with Gasteiger partial charge in [0.2, 0.25) is 0 Å². The fraction of sp³-hybridized carbons (Fsp3) is 0.333. The molecule has 0 bridgehead atoms. The minimum absolute atomic E-state index is 0.104. The molecule has 0 N–H and O–H groups in total. The second kappa shape index (κ2) is 3.40. The number of aromatic nitrogens is 1. The van der Waals surface area contributed by atoms with E-state index in [2.05, 4.69) is 4.98 Å². The normalized spacial score (nSPS) is 11.5. The molecule has 1 rings (SSSR count). The first-order chi connectivity index (χ1) is 6.32. The van der Waals surface area contributed by atoms with E-state index in [1.54, 1.807) is 0 Å². The summed E-state index contributed by atoms with van der Waals surface area (Å²) in [6, 6.07) is 1.96. The Hall–Kier alpha value is -1.39. The van der Waals surface area contributed by atoms with E-state index in [1.165, 1.54) is 13.8 Å². The molecule has 0 radical (unpaired) electrons. The van der Waals surface area contributed by atoms with E-state index in [0.29, 0.717) is 0 Å². The van der Waals surface area contributed by atoms with Crippen LogP contribution in [0.5, 0.6) is 0 Å². The van der Waals surface area contributed by atoms with Crippen molar-refractivity contribution in [1.29, 1.82) is 0 Å². The molecule has 0 aliphatic rings. The van der Waals surface area contributed by atoms with Crippen molar-refractivity contribution in [3.8, 4) is 0 Å². The van der Waals surface area contributed by atoms with Crippen molar-refractivity contribution in [3.63, 3.8) is 0 Å². The Morgan fingerprint density at radius 2 is 1.93 bits per heavy atom. The third kappa shape index (κ3) is 2.10. The van der Waals surface area contributed by atoms with Gasteiger partial charge in [0, 0.05) is 11.3 Å². The van der Waals surface area contributed by atoms with Gasteiger partial charge in [0.1, 0.15) is 5.69 Å². The van der Waals surface area contributed by atoms with Gasteiger partial charge >= 0.3 is 6.18 Å². The standard InChI is InChI=1S/C9H8F3NO/c1-5-7(6(2)14)3-4-8(13-5)9(10,11)12/h3-4H,1-2H3. The van der Waals surface area contributed by atoms with Crippen molar-refractivity contribution in [2.45, 2.75) is 20.0 Å². The number of rotatable bonds is 1. The average molecular weight is 203 g/mol. The van der Waals surface area contributed by atoms with Gasteiger partial charge in [0.15, 0.2) is 5.78 Å². The molecule has 1 aromatic heterocycles. The molecule has 1 heterocycles. The maximum absolute atomic E-state index is 12.2. The molecular formula is C9H8F3NO. The van der Waals surface area contributed by atoms with E-state index >= 15 is 0 Å². The number of alkyl halides is 3. The summed E-state index contributed by atoms with van der Waals surface area (Å²) < 4.78 is 36.5. The van der Waals surface area contributed by atoms with Crippen LogP contribution in [-0.4, -0.2) is 10.8 Å². The van der Waals surface area contributed by atoms with Gasteiger partial charge < -0.3 is 0 Å². The number of hydrogen-bond donors (Lipinski definition) is 0. The molecular weight excluding hydrogens is 195 g/mol. The Morgan fingerprint density at radius 3 is 2.29 bits per heavy atom. The molecule has 0 aliphatic heterocycles. The van der Waals surface area contributed by atoms with Crippen LogP contribution in [0.2, 0.25) is 0 Å². The lowest BCUT2D eigenvalue weighted by Gasteiger charge is -2.07. The number of carbonyl (C=O) groups excluding carboxylic acids is 1. The topological polar surface area (TPSA) is 30.0 Å². The molecule has 0 unspecified atom stereocenters. The number of ketones is 1. The number of pyridine rings is 1. The fourth-order valence-electron chi connectivity index (χ4n) is 1.09. The Morgan fingerprint density at radius 1 is 1.36 bits per heavy atom. The lowest BCUT2D eigenvalue weighted by molar-refractivity contribution is -0.141. The third-order valence-corrected chi connectivity index (χ3v) is 1.76. The summed E-state index contributed by atoms with van der Waals surface area (Å²) in [5, 5.41) is 0.